The van der Waals surface area contributed by atoms with Gasteiger partial charge in [0, 0.05) is 10.4 Å². The maximum Gasteiger partial charge on any atom is 0.0982 e. The molecule has 0 radical (unpaired) electrons. The van der Waals surface area contributed by atoms with Crippen molar-refractivity contribution in [2.45, 2.75) is 43.7 Å². The minimum atomic E-state index is -0.284. The van der Waals surface area contributed by atoms with E-state index in [1.54, 1.807) is 11.3 Å². The molecule has 2 N–H and O–H groups in total. The third-order valence-electron chi connectivity index (χ3n) is 3.92. The van der Waals surface area contributed by atoms with E-state index in [1.807, 2.05) is 0 Å². The lowest BCUT2D eigenvalue weighted by Crippen LogP contribution is -2.54. The Morgan fingerprint density at radius 1 is 1.40 bits per heavy atom. The predicted octanol–water partition coefficient (Wildman–Crippen LogP) is 2.24. The van der Waals surface area contributed by atoms with Crippen LogP contribution in [0.2, 0.25) is 0 Å². The van der Waals surface area contributed by atoms with Crippen molar-refractivity contribution >= 4 is 11.3 Å². The van der Waals surface area contributed by atoms with Crippen LogP contribution < -0.4 is 5.32 Å². The third kappa shape index (κ3) is 1.45. The van der Waals surface area contributed by atoms with Crippen molar-refractivity contribution < 1.29 is 5.11 Å². The molecule has 15 heavy (non-hydrogen) atoms. The Bertz CT molecular complexity index is 354. The molecule has 0 bridgehead atoms. The Kier molecular flexibility index (Phi) is 2.34. The molecular weight excluding hydrogens is 206 g/mol. The summed E-state index contributed by atoms with van der Waals surface area (Å²) >= 11 is 1.79. The van der Waals surface area contributed by atoms with Gasteiger partial charge in [-0.2, -0.15) is 0 Å². The second-order valence-corrected chi connectivity index (χ2v) is 5.74. The number of aryl methyl sites for hydroxylation is 1. The molecule has 2 nitrogen and oxygen atoms in total. The van der Waals surface area contributed by atoms with E-state index < -0.39 is 0 Å². The molecule has 1 aliphatic heterocycles. The van der Waals surface area contributed by atoms with E-state index in [0.29, 0.717) is 0 Å². The summed E-state index contributed by atoms with van der Waals surface area (Å²) < 4.78 is 0. The Morgan fingerprint density at radius 3 is 3.13 bits per heavy atom. The maximum absolute atomic E-state index is 10.5. The van der Waals surface area contributed by atoms with Gasteiger partial charge in [-0.3, -0.25) is 0 Å². The molecule has 0 amide bonds. The highest BCUT2D eigenvalue weighted by molar-refractivity contribution is 7.10. The lowest BCUT2D eigenvalue weighted by molar-refractivity contribution is 0.0263. The molecule has 1 spiro atoms. The quantitative estimate of drug-likeness (QED) is 0.707. The zero-order chi connectivity index (χ0) is 10.3. The van der Waals surface area contributed by atoms with Crippen molar-refractivity contribution in [1.29, 1.82) is 0 Å². The Balaban J connectivity index is 1.94. The molecule has 3 heteroatoms. The molecule has 2 aliphatic rings. The molecular formula is C12H17NOS. The number of piperidine rings is 1. The number of hydrogen-bond donors (Lipinski definition) is 2. The van der Waals surface area contributed by atoms with Gasteiger partial charge in [0.05, 0.1) is 6.10 Å². The minimum absolute atomic E-state index is 0.00762. The van der Waals surface area contributed by atoms with E-state index in [1.165, 1.54) is 23.3 Å². The first kappa shape index (κ1) is 9.82. The van der Waals surface area contributed by atoms with Crippen molar-refractivity contribution in [2.75, 3.05) is 6.54 Å². The largest absolute Gasteiger partial charge is 0.386 e. The second-order valence-electron chi connectivity index (χ2n) is 4.74. The van der Waals surface area contributed by atoms with Crippen LogP contribution in [0, 0.1) is 0 Å². The van der Waals surface area contributed by atoms with Gasteiger partial charge in [-0.05, 0) is 49.2 Å². The van der Waals surface area contributed by atoms with Crippen molar-refractivity contribution in [3.05, 3.63) is 21.9 Å². The van der Waals surface area contributed by atoms with Gasteiger partial charge in [0.2, 0.25) is 0 Å². The fourth-order valence-corrected chi connectivity index (χ4v) is 3.92. The van der Waals surface area contributed by atoms with Crippen molar-refractivity contribution in [3.8, 4) is 0 Å². The zero-order valence-electron chi connectivity index (χ0n) is 8.83. The van der Waals surface area contributed by atoms with Crippen LogP contribution in [0.1, 0.15) is 42.2 Å². The van der Waals surface area contributed by atoms with Crippen molar-refractivity contribution in [2.24, 2.45) is 0 Å². The number of aliphatic hydroxyl groups is 1. The highest BCUT2D eigenvalue weighted by Crippen LogP contribution is 2.43. The van der Waals surface area contributed by atoms with Crippen molar-refractivity contribution in [3.63, 3.8) is 0 Å². The van der Waals surface area contributed by atoms with E-state index in [-0.39, 0.29) is 11.6 Å². The van der Waals surface area contributed by atoms with Crippen LogP contribution in [-0.4, -0.2) is 17.2 Å². The van der Waals surface area contributed by atoms with Crippen LogP contribution in [-0.2, 0) is 6.42 Å². The smallest absolute Gasteiger partial charge is 0.0982 e. The lowest BCUT2D eigenvalue weighted by Gasteiger charge is -2.45. The van der Waals surface area contributed by atoms with E-state index in [9.17, 15) is 5.11 Å². The zero-order valence-corrected chi connectivity index (χ0v) is 9.65. The Hall–Kier alpha value is -0.380. The highest BCUT2D eigenvalue weighted by Gasteiger charge is 2.43. The average Bonchev–Trinajstić information content (AvgIpc) is 2.74. The van der Waals surface area contributed by atoms with Gasteiger partial charge in [-0.1, -0.05) is 6.42 Å². The topological polar surface area (TPSA) is 32.3 Å². The fourth-order valence-electron chi connectivity index (χ4n) is 3.01. The average molecular weight is 223 g/mol. The minimum Gasteiger partial charge on any atom is -0.386 e. The molecule has 2 heterocycles. The normalized spacial score (nSPS) is 35.4. The van der Waals surface area contributed by atoms with Gasteiger partial charge in [0.15, 0.2) is 0 Å². The van der Waals surface area contributed by atoms with Gasteiger partial charge < -0.3 is 10.4 Å². The molecule has 1 fully saturated rings. The van der Waals surface area contributed by atoms with Gasteiger partial charge in [-0.25, -0.2) is 0 Å². The van der Waals surface area contributed by atoms with Gasteiger partial charge in [0.25, 0.3) is 0 Å². The summed E-state index contributed by atoms with van der Waals surface area (Å²) in [7, 11) is 0. The first-order valence-corrected chi connectivity index (χ1v) is 6.69. The van der Waals surface area contributed by atoms with Gasteiger partial charge in [0.1, 0.15) is 0 Å². The summed E-state index contributed by atoms with van der Waals surface area (Å²) in [5.41, 5.74) is 1.17. The van der Waals surface area contributed by atoms with Crippen LogP contribution in [0.15, 0.2) is 11.4 Å². The van der Waals surface area contributed by atoms with Gasteiger partial charge >= 0.3 is 0 Å². The van der Waals surface area contributed by atoms with Crippen LogP contribution in [0.3, 0.4) is 0 Å². The Morgan fingerprint density at radius 2 is 2.33 bits per heavy atom. The number of aliphatic hydroxyl groups excluding tert-OH is 1. The summed E-state index contributed by atoms with van der Waals surface area (Å²) in [5, 5.41) is 16.1. The molecule has 0 saturated carbocycles. The molecule has 1 aliphatic carbocycles. The van der Waals surface area contributed by atoms with Gasteiger partial charge in [-0.15, -0.1) is 11.3 Å². The molecule has 2 unspecified atom stereocenters. The summed E-state index contributed by atoms with van der Waals surface area (Å²) in [6, 6.07) is 2.10. The third-order valence-corrected chi connectivity index (χ3v) is 4.92. The molecule has 82 valence electrons. The standard InChI is InChI=1S/C12H17NOS/c14-11-9-4-8-15-10(9)3-6-12(11)5-1-2-7-13-12/h4,8,11,13-14H,1-3,5-7H2. The lowest BCUT2D eigenvalue weighted by atomic mass is 9.74. The number of nitrogens with one attached hydrogen (secondary N) is 1. The van der Waals surface area contributed by atoms with Crippen molar-refractivity contribution in [1.82, 2.24) is 5.32 Å². The molecule has 1 saturated heterocycles. The maximum atomic E-state index is 10.5. The molecule has 1 aromatic rings. The number of hydrogen-bond acceptors (Lipinski definition) is 3. The van der Waals surface area contributed by atoms with E-state index in [4.69, 9.17) is 0 Å². The van der Waals surface area contributed by atoms with Crippen LogP contribution in [0.25, 0.3) is 0 Å². The summed E-state index contributed by atoms with van der Waals surface area (Å²) in [6.45, 7) is 1.07. The Labute approximate surface area is 94.3 Å². The molecule has 3 rings (SSSR count). The van der Waals surface area contributed by atoms with Crippen LogP contribution >= 0.6 is 11.3 Å². The predicted molar refractivity (Wildman–Crippen MR) is 62.2 cm³/mol. The first-order chi connectivity index (χ1) is 7.32. The van der Waals surface area contributed by atoms with E-state index in [2.05, 4.69) is 16.8 Å². The summed E-state index contributed by atoms with van der Waals surface area (Å²) in [4.78, 5) is 1.39. The summed E-state index contributed by atoms with van der Waals surface area (Å²) in [6.07, 6.45) is 5.59. The number of rotatable bonds is 0. The summed E-state index contributed by atoms with van der Waals surface area (Å²) in [5.74, 6) is 0. The second kappa shape index (κ2) is 3.58. The van der Waals surface area contributed by atoms with Crippen LogP contribution in [0.5, 0.6) is 0 Å². The monoisotopic (exact) mass is 223 g/mol. The highest BCUT2D eigenvalue weighted by atomic mass is 32.1. The fraction of sp³-hybridized carbons (Fsp3) is 0.667. The van der Waals surface area contributed by atoms with E-state index >= 15 is 0 Å². The van der Waals surface area contributed by atoms with Crippen LogP contribution in [0.4, 0.5) is 0 Å². The molecule has 2 atom stereocenters. The molecule has 0 aromatic carbocycles. The SMILES string of the molecule is OC1c2ccsc2CCC12CCCCN2. The number of fused-ring (bicyclic) bond motifs is 1. The molecule has 1 aromatic heterocycles. The van der Waals surface area contributed by atoms with E-state index in [0.717, 1.165) is 25.8 Å². The first-order valence-electron chi connectivity index (χ1n) is 5.81. The number of thiophene rings is 1.